The van der Waals surface area contributed by atoms with Crippen molar-refractivity contribution >= 4 is 0 Å². The van der Waals surface area contributed by atoms with Crippen LogP contribution in [0, 0.1) is 11.9 Å². The molecule has 0 aliphatic heterocycles. The van der Waals surface area contributed by atoms with E-state index in [1.54, 1.807) is 6.07 Å². The molecule has 55 heavy (non-hydrogen) atoms. The van der Waals surface area contributed by atoms with E-state index in [-0.39, 0.29) is 5.82 Å². The molecule has 0 nitrogen and oxygen atoms in total. The summed E-state index contributed by atoms with van der Waals surface area (Å²) in [6.45, 7) is 0. The Morgan fingerprint density at radius 2 is 0.418 bits per heavy atom. The number of rotatable bonds is 8. The lowest BCUT2D eigenvalue weighted by Crippen LogP contribution is -1.84. The maximum absolute atomic E-state index is 13.6. The van der Waals surface area contributed by atoms with E-state index in [9.17, 15) is 4.39 Å². The number of halogens is 1. The molecule has 1 heteroatoms. The smallest absolute Gasteiger partial charge is 0.131 e. The summed E-state index contributed by atoms with van der Waals surface area (Å²) in [5.74, 6) is -0.346. The van der Waals surface area contributed by atoms with Gasteiger partial charge in [-0.05, 0) is 95.1 Å². The highest BCUT2D eigenvalue weighted by molar-refractivity contribution is 5.78. The Balaban J connectivity index is 0.830. The van der Waals surface area contributed by atoms with Crippen molar-refractivity contribution in [2.24, 2.45) is 0 Å². The van der Waals surface area contributed by atoms with Crippen LogP contribution in [0.15, 0.2) is 218 Å². The van der Waals surface area contributed by atoms with Crippen LogP contribution >= 0.6 is 0 Å². The predicted octanol–water partition coefficient (Wildman–Crippen LogP) is 15.0. The summed E-state index contributed by atoms with van der Waals surface area (Å²) in [4.78, 5) is 0. The van der Waals surface area contributed by atoms with Crippen molar-refractivity contribution < 1.29 is 4.39 Å². The van der Waals surface area contributed by atoms with Crippen molar-refractivity contribution in [1.82, 2.24) is 0 Å². The van der Waals surface area contributed by atoms with E-state index in [1.165, 1.54) is 72.8 Å². The highest BCUT2D eigenvalue weighted by atomic mass is 19.1. The number of hydrogen-bond acceptors (Lipinski definition) is 0. The Morgan fingerprint density at radius 3 is 0.636 bits per heavy atom. The van der Waals surface area contributed by atoms with Crippen LogP contribution in [0.5, 0.6) is 0 Å². The summed E-state index contributed by atoms with van der Waals surface area (Å²) in [6.07, 6.45) is 0. The molecule has 0 fully saturated rings. The third-order valence-electron chi connectivity index (χ3n) is 10.4. The van der Waals surface area contributed by atoms with E-state index < -0.39 is 0 Å². The van der Waals surface area contributed by atoms with Gasteiger partial charge in [0.15, 0.2) is 0 Å². The molecule has 0 aliphatic rings. The van der Waals surface area contributed by atoms with Crippen molar-refractivity contribution in [2.45, 2.75) is 0 Å². The second-order valence-electron chi connectivity index (χ2n) is 13.8. The molecule has 0 spiro atoms. The fourth-order valence-electron chi connectivity index (χ4n) is 7.23. The summed E-state index contributed by atoms with van der Waals surface area (Å²) < 4.78 is 13.6. The van der Waals surface area contributed by atoms with Crippen molar-refractivity contribution in [3.63, 3.8) is 0 Å². The second kappa shape index (κ2) is 15.1. The molecule has 9 aromatic carbocycles. The van der Waals surface area contributed by atoms with Crippen LogP contribution < -0.4 is 0 Å². The maximum atomic E-state index is 13.6. The molecule has 0 bridgehead atoms. The Bertz CT molecular complexity index is 2660. The van der Waals surface area contributed by atoms with Gasteiger partial charge in [-0.25, -0.2) is 4.39 Å². The first-order valence-corrected chi connectivity index (χ1v) is 18.6. The predicted molar refractivity (Wildman–Crippen MR) is 229 cm³/mol. The third-order valence-corrected chi connectivity index (χ3v) is 10.4. The summed E-state index contributed by atoms with van der Waals surface area (Å²) >= 11 is 0. The molecule has 9 aromatic rings. The molecular weight excluding hydrogens is 668 g/mol. The van der Waals surface area contributed by atoms with Gasteiger partial charge >= 0.3 is 0 Å². The second-order valence-corrected chi connectivity index (χ2v) is 13.8. The van der Waals surface area contributed by atoms with Crippen LogP contribution in [0.3, 0.4) is 0 Å². The van der Waals surface area contributed by atoms with Crippen molar-refractivity contribution in [3.8, 4) is 89.0 Å². The van der Waals surface area contributed by atoms with Gasteiger partial charge in [0.2, 0.25) is 0 Å². The molecule has 0 atom stereocenters. The van der Waals surface area contributed by atoms with E-state index in [2.05, 4.69) is 188 Å². The van der Waals surface area contributed by atoms with Gasteiger partial charge in [-0.1, -0.05) is 212 Å². The molecule has 9 rings (SSSR count). The van der Waals surface area contributed by atoms with Crippen LogP contribution in [-0.4, -0.2) is 0 Å². The first-order chi connectivity index (χ1) is 27.1. The average Bonchev–Trinajstić information content (AvgIpc) is 3.27. The molecule has 0 N–H and O–H groups in total. The molecule has 0 heterocycles. The number of benzene rings is 9. The summed E-state index contributed by atoms with van der Waals surface area (Å²) in [5, 5.41) is 0. The summed E-state index contributed by atoms with van der Waals surface area (Å²) in [5.41, 5.74) is 18.5. The molecule has 259 valence electrons. The summed E-state index contributed by atoms with van der Waals surface area (Å²) in [6, 6.07) is 79.0. The Labute approximate surface area is 322 Å². The van der Waals surface area contributed by atoms with E-state index in [4.69, 9.17) is 0 Å². The molecule has 0 aromatic heterocycles. The van der Waals surface area contributed by atoms with Crippen LogP contribution in [0.1, 0.15) is 0 Å². The first kappa shape index (κ1) is 33.7. The molecule has 1 radical (unpaired) electrons. The number of hydrogen-bond donors (Lipinski definition) is 0. The van der Waals surface area contributed by atoms with E-state index in [0.29, 0.717) is 0 Å². The van der Waals surface area contributed by atoms with E-state index >= 15 is 0 Å². The van der Waals surface area contributed by atoms with Crippen molar-refractivity contribution in [3.05, 3.63) is 230 Å². The van der Waals surface area contributed by atoms with Crippen LogP contribution in [0.25, 0.3) is 89.0 Å². The molecule has 0 amide bonds. The molecule has 0 aliphatic carbocycles. The monoisotopic (exact) mass is 703 g/mol. The van der Waals surface area contributed by atoms with Crippen LogP contribution in [0.2, 0.25) is 0 Å². The topological polar surface area (TPSA) is 0 Å². The van der Waals surface area contributed by atoms with Gasteiger partial charge in [-0.3, -0.25) is 0 Å². The lowest BCUT2D eigenvalue weighted by atomic mass is 9.95. The third kappa shape index (κ3) is 7.42. The zero-order chi connectivity index (χ0) is 37.0. The van der Waals surface area contributed by atoms with Crippen molar-refractivity contribution in [2.75, 3.05) is 0 Å². The van der Waals surface area contributed by atoms with Gasteiger partial charge in [-0.15, -0.1) is 0 Å². The Hall–Kier alpha value is -7.09. The highest BCUT2D eigenvalue weighted by Gasteiger charge is 2.07. The van der Waals surface area contributed by atoms with Gasteiger partial charge < -0.3 is 0 Å². The fraction of sp³-hybridized carbons (Fsp3) is 0. The van der Waals surface area contributed by atoms with Gasteiger partial charge in [0.05, 0.1) is 0 Å². The minimum Gasteiger partial charge on any atom is -0.206 e. The van der Waals surface area contributed by atoms with Gasteiger partial charge in [0, 0.05) is 6.07 Å². The molecular formula is C54H36F. The van der Waals surface area contributed by atoms with Crippen LogP contribution in [-0.2, 0) is 0 Å². The molecule has 0 unspecified atom stereocenters. The minimum atomic E-state index is -0.346. The average molecular weight is 704 g/mol. The summed E-state index contributed by atoms with van der Waals surface area (Å²) in [7, 11) is 0. The first-order valence-electron chi connectivity index (χ1n) is 18.6. The van der Waals surface area contributed by atoms with Gasteiger partial charge in [0.25, 0.3) is 0 Å². The SMILES string of the molecule is Fc1[c]ccc(-c2ccc(-c3ccc(-c4ccc(-c5ccc(-c6ccc(-c7ccc(-c8ccc(-c9ccccc9)cc8)cc7)cc6)cc5)cc4)cc3)cc2)c1. The lowest BCUT2D eigenvalue weighted by molar-refractivity contribution is 0.626. The van der Waals surface area contributed by atoms with Gasteiger partial charge in [-0.2, -0.15) is 0 Å². The largest absolute Gasteiger partial charge is 0.206 e. The van der Waals surface area contributed by atoms with Gasteiger partial charge in [0.1, 0.15) is 5.82 Å². The Morgan fingerprint density at radius 1 is 0.218 bits per heavy atom. The zero-order valence-electron chi connectivity index (χ0n) is 30.2. The molecule has 0 saturated heterocycles. The van der Waals surface area contributed by atoms with E-state index in [1.807, 2.05) is 24.3 Å². The zero-order valence-corrected chi connectivity index (χ0v) is 30.2. The maximum Gasteiger partial charge on any atom is 0.131 e. The normalized spacial score (nSPS) is 11.0. The quantitative estimate of drug-likeness (QED) is 0.148. The fourth-order valence-corrected chi connectivity index (χ4v) is 7.23. The lowest BCUT2D eigenvalue weighted by Gasteiger charge is -2.09. The molecule has 0 saturated carbocycles. The Kier molecular flexibility index (Phi) is 9.26. The van der Waals surface area contributed by atoms with Crippen LogP contribution in [0.4, 0.5) is 4.39 Å². The highest BCUT2D eigenvalue weighted by Crippen LogP contribution is 2.32. The standard InChI is InChI=1S/C54H36F/c55-54-8-4-7-53(37-54)52-35-33-51(34-36-52)50-31-29-49(30-32-50)48-27-25-47(26-28-48)46-23-21-45(22-24-46)44-19-17-43(18-20-44)42-15-13-41(14-16-42)40-11-9-39(10-12-40)38-5-2-1-3-6-38/h1-7,9-37H. The van der Waals surface area contributed by atoms with E-state index in [0.717, 1.165) is 22.3 Å². The minimum absolute atomic E-state index is 0.346. The van der Waals surface area contributed by atoms with Crippen molar-refractivity contribution in [1.29, 1.82) is 0 Å².